The molecule has 0 aliphatic heterocycles. The normalized spacial score (nSPS) is 13.9. The van der Waals surface area contributed by atoms with Crippen LogP contribution >= 0.6 is 7.82 Å². The smallest absolute Gasteiger partial charge is 0.462 e. The molecular formula is C63H108NO8P. The molecule has 0 aromatic carbocycles. The fourth-order valence-corrected chi connectivity index (χ4v) is 8.59. The standard InChI is InChI=1S/C63H108NO8P/c1-3-5-7-9-11-13-15-17-19-21-23-25-27-29-30-32-34-36-38-40-42-44-46-48-50-52-54-56-63(66)72-61(60-71-73(67,68)70-58-57-64)59-69-62(65)55-53-51-49-47-45-43-41-39-37-35-33-31-28-26-24-22-20-18-16-14-12-10-8-6-4-2/h5,7,11,13,16-19,22-25,29-30,34,36,40,42,61H,3-4,6,8-10,12,14-15,20-21,26-28,31-33,35,37-39,41,43-60,64H2,1-2H3,(H,67,68)/b7-5-,13-11-,18-16-,19-17-,24-22-,25-23-,30-29-,36-34-,42-40-. The van der Waals surface area contributed by atoms with E-state index in [1.807, 2.05) is 0 Å². The van der Waals surface area contributed by atoms with Gasteiger partial charge in [-0.3, -0.25) is 18.6 Å². The van der Waals surface area contributed by atoms with Crippen LogP contribution in [0.1, 0.15) is 245 Å². The van der Waals surface area contributed by atoms with E-state index in [0.717, 1.165) is 103 Å². The fourth-order valence-electron chi connectivity index (χ4n) is 7.82. The topological polar surface area (TPSA) is 134 Å². The quantitative estimate of drug-likeness (QED) is 0.0264. The summed E-state index contributed by atoms with van der Waals surface area (Å²) in [6.45, 7) is 3.60. The molecule has 73 heavy (non-hydrogen) atoms. The van der Waals surface area contributed by atoms with E-state index in [1.165, 1.54) is 109 Å². The molecule has 3 N–H and O–H groups in total. The zero-order valence-corrected chi connectivity index (χ0v) is 47.5. The van der Waals surface area contributed by atoms with Gasteiger partial charge in [0.25, 0.3) is 0 Å². The Morgan fingerprint density at radius 2 is 0.753 bits per heavy atom. The van der Waals surface area contributed by atoms with Crippen LogP contribution in [0.15, 0.2) is 109 Å². The summed E-state index contributed by atoms with van der Waals surface area (Å²) in [5.41, 5.74) is 5.38. The predicted molar refractivity (Wildman–Crippen MR) is 311 cm³/mol. The number of hydrogen-bond donors (Lipinski definition) is 2. The number of hydrogen-bond acceptors (Lipinski definition) is 8. The Hall–Kier alpha value is -3.33. The fraction of sp³-hybridized carbons (Fsp3) is 0.683. The summed E-state index contributed by atoms with van der Waals surface area (Å²) in [5, 5.41) is 0. The number of unbranched alkanes of at least 4 members (excludes halogenated alkanes) is 23. The van der Waals surface area contributed by atoms with E-state index in [1.54, 1.807) is 0 Å². The zero-order chi connectivity index (χ0) is 53.1. The van der Waals surface area contributed by atoms with Gasteiger partial charge in [-0.2, -0.15) is 0 Å². The van der Waals surface area contributed by atoms with Crippen molar-refractivity contribution in [1.82, 2.24) is 0 Å². The molecule has 0 spiro atoms. The van der Waals surface area contributed by atoms with Crippen molar-refractivity contribution >= 4 is 19.8 Å². The van der Waals surface area contributed by atoms with Crippen molar-refractivity contribution in [2.45, 2.75) is 251 Å². The largest absolute Gasteiger partial charge is 0.472 e. The third-order valence-electron chi connectivity index (χ3n) is 12.1. The van der Waals surface area contributed by atoms with Crippen LogP contribution in [0.2, 0.25) is 0 Å². The van der Waals surface area contributed by atoms with Crippen molar-refractivity contribution in [2.75, 3.05) is 26.4 Å². The molecule has 0 saturated carbocycles. The van der Waals surface area contributed by atoms with E-state index in [0.29, 0.717) is 6.42 Å². The molecule has 0 aromatic rings. The first-order valence-electron chi connectivity index (χ1n) is 29.4. The first-order chi connectivity index (χ1) is 35.8. The summed E-state index contributed by atoms with van der Waals surface area (Å²) < 4.78 is 33.0. The van der Waals surface area contributed by atoms with Crippen molar-refractivity contribution < 1.29 is 37.6 Å². The molecule has 0 radical (unpaired) electrons. The Morgan fingerprint density at radius 1 is 0.425 bits per heavy atom. The second kappa shape index (κ2) is 57.9. The lowest BCUT2D eigenvalue weighted by atomic mass is 10.0. The molecule has 0 heterocycles. The molecule has 2 atom stereocenters. The number of esters is 2. The van der Waals surface area contributed by atoms with E-state index in [4.69, 9.17) is 24.3 Å². The summed E-state index contributed by atoms with van der Waals surface area (Å²) in [4.78, 5) is 35.2. The lowest BCUT2D eigenvalue weighted by Crippen LogP contribution is -2.29. The monoisotopic (exact) mass is 1040 g/mol. The van der Waals surface area contributed by atoms with Gasteiger partial charge >= 0.3 is 19.8 Å². The van der Waals surface area contributed by atoms with Gasteiger partial charge in [-0.1, -0.05) is 239 Å². The summed E-state index contributed by atoms with van der Waals surface area (Å²) in [7, 11) is -4.40. The van der Waals surface area contributed by atoms with E-state index in [2.05, 4.69) is 123 Å². The molecule has 10 heteroatoms. The minimum Gasteiger partial charge on any atom is -0.462 e. The summed E-state index contributed by atoms with van der Waals surface area (Å²) in [6, 6.07) is 0. The Labute approximate surface area is 448 Å². The molecule has 2 unspecified atom stereocenters. The second-order valence-electron chi connectivity index (χ2n) is 19.1. The number of carbonyl (C=O) groups is 2. The highest BCUT2D eigenvalue weighted by Gasteiger charge is 2.26. The molecule has 0 bridgehead atoms. The van der Waals surface area contributed by atoms with Crippen LogP contribution in [0, 0.1) is 0 Å². The summed E-state index contributed by atoms with van der Waals surface area (Å²) in [6.07, 6.45) is 78.5. The second-order valence-corrected chi connectivity index (χ2v) is 20.6. The van der Waals surface area contributed by atoms with Gasteiger partial charge < -0.3 is 20.1 Å². The number of ether oxygens (including phenoxy) is 2. The van der Waals surface area contributed by atoms with Crippen LogP contribution in [-0.2, 0) is 32.7 Å². The first-order valence-corrected chi connectivity index (χ1v) is 30.9. The average Bonchev–Trinajstić information content (AvgIpc) is 3.38. The number of nitrogens with two attached hydrogens (primary N) is 1. The molecule has 0 amide bonds. The molecular weight excluding hydrogens is 930 g/mol. The summed E-state index contributed by atoms with van der Waals surface area (Å²) >= 11 is 0. The van der Waals surface area contributed by atoms with Crippen molar-refractivity contribution in [3.63, 3.8) is 0 Å². The highest BCUT2D eigenvalue weighted by Crippen LogP contribution is 2.43. The molecule has 0 aliphatic rings. The molecule has 0 aromatic heterocycles. The number of phosphoric ester groups is 1. The third-order valence-corrected chi connectivity index (χ3v) is 13.1. The maximum atomic E-state index is 12.7. The SMILES string of the molecule is CC/C=C\C/C=C\C/C=C\C/C=C\C/C=C\C/C=C\C/C=C\CCCCCCCC(=O)OC(COC(=O)CCCCCCCCCCCCCCC/C=C\C/C=C\CCCCCCC)COP(=O)(O)OCCN. The van der Waals surface area contributed by atoms with Gasteiger partial charge in [0.2, 0.25) is 0 Å². The van der Waals surface area contributed by atoms with Crippen LogP contribution in [0.25, 0.3) is 0 Å². The molecule has 0 saturated heterocycles. The van der Waals surface area contributed by atoms with Crippen molar-refractivity contribution in [2.24, 2.45) is 5.73 Å². The van der Waals surface area contributed by atoms with Crippen LogP contribution < -0.4 is 5.73 Å². The van der Waals surface area contributed by atoms with Gasteiger partial charge in [-0.05, 0) is 103 Å². The van der Waals surface area contributed by atoms with Gasteiger partial charge in [-0.25, -0.2) is 4.57 Å². The molecule has 0 fully saturated rings. The van der Waals surface area contributed by atoms with Crippen molar-refractivity contribution in [3.8, 4) is 0 Å². The number of carbonyl (C=O) groups excluding carboxylic acids is 2. The highest BCUT2D eigenvalue weighted by atomic mass is 31.2. The first kappa shape index (κ1) is 69.7. The van der Waals surface area contributed by atoms with Crippen LogP contribution in [0.4, 0.5) is 0 Å². The highest BCUT2D eigenvalue weighted by molar-refractivity contribution is 7.47. The Morgan fingerprint density at radius 3 is 1.12 bits per heavy atom. The number of rotatable bonds is 54. The maximum Gasteiger partial charge on any atom is 0.472 e. The van der Waals surface area contributed by atoms with Gasteiger partial charge in [0.15, 0.2) is 6.10 Å². The van der Waals surface area contributed by atoms with Crippen molar-refractivity contribution in [3.05, 3.63) is 109 Å². The lowest BCUT2D eigenvalue weighted by molar-refractivity contribution is -0.161. The number of allylic oxidation sites excluding steroid dienone is 18. The van der Waals surface area contributed by atoms with Crippen molar-refractivity contribution in [1.29, 1.82) is 0 Å². The van der Waals surface area contributed by atoms with Crippen LogP contribution in [0.3, 0.4) is 0 Å². The Kier molecular flexibility index (Phi) is 55.3. The summed E-state index contributed by atoms with van der Waals surface area (Å²) in [5.74, 6) is -0.854. The van der Waals surface area contributed by atoms with Crippen LogP contribution in [-0.4, -0.2) is 49.3 Å². The molecule has 0 rings (SSSR count). The van der Waals surface area contributed by atoms with Gasteiger partial charge in [0, 0.05) is 19.4 Å². The molecule has 9 nitrogen and oxygen atoms in total. The van der Waals surface area contributed by atoms with Crippen LogP contribution in [0.5, 0.6) is 0 Å². The minimum absolute atomic E-state index is 0.0444. The minimum atomic E-state index is -4.40. The van der Waals surface area contributed by atoms with Gasteiger partial charge in [0.05, 0.1) is 13.2 Å². The van der Waals surface area contributed by atoms with E-state index in [-0.39, 0.29) is 38.6 Å². The Bertz CT molecular complexity index is 1560. The van der Waals surface area contributed by atoms with E-state index < -0.39 is 26.5 Å². The average molecular weight is 1040 g/mol. The predicted octanol–water partition coefficient (Wildman–Crippen LogP) is 18.6. The number of phosphoric acid groups is 1. The third kappa shape index (κ3) is 57.8. The molecule has 418 valence electrons. The van der Waals surface area contributed by atoms with E-state index in [9.17, 15) is 19.0 Å². The lowest BCUT2D eigenvalue weighted by Gasteiger charge is -2.19. The van der Waals surface area contributed by atoms with Gasteiger partial charge in [0.1, 0.15) is 6.61 Å². The molecule has 0 aliphatic carbocycles. The zero-order valence-electron chi connectivity index (χ0n) is 46.6. The van der Waals surface area contributed by atoms with Gasteiger partial charge in [-0.15, -0.1) is 0 Å². The maximum absolute atomic E-state index is 12.7. The Balaban J connectivity index is 4.05. The van der Waals surface area contributed by atoms with E-state index >= 15 is 0 Å².